The monoisotopic (exact) mass is 621 g/mol. The molecule has 0 aliphatic carbocycles. The predicted molar refractivity (Wildman–Crippen MR) is 197 cm³/mol. The van der Waals surface area contributed by atoms with Gasteiger partial charge in [-0.1, -0.05) is 66.7 Å². The topological polar surface area (TPSA) is 29.9 Å². The Labute approximate surface area is 278 Å². The summed E-state index contributed by atoms with van der Waals surface area (Å²) >= 11 is 0. The molecule has 2 aliphatic rings. The molecule has 0 spiro atoms. The predicted octanol–water partition coefficient (Wildman–Crippen LogP) is 12.7. The molecule has 2 aliphatic heterocycles. The normalized spacial score (nSPS) is 13.2. The molecule has 230 valence electrons. The number of nitrogens with zero attached hydrogens (tertiary/aromatic N) is 3. The molecule has 48 heavy (non-hydrogen) atoms. The van der Waals surface area contributed by atoms with E-state index in [4.69, 9.17) is 9.47 Å². The summed E-state index contributed by atoms with van der Waals surface area (Å²) in [6.45, 7) is 4.50. The van der Waals surface area contributed by atoms with Crippen molar-refractivity contribution in [3.8, 4) is 23.0 Å². The van der Waals surface area contributed by atoms with E-state index in [9.17, 15) is 0 Å². The van der Waals surface area contributed by atoms with Crippen LogP contribution in [0.5, 0.6) is 23.0 Å². The van der Waals surface area contributed by atoms with Crippen LogP contribution in [-0.4, -0.2) is 4.57 Å². The summed E-state index contributed by atoms with van der Waals surface area (Å²) < 4.78 is 15.3. The zero-order chi connectivity index (χ0) is 31.9. The van der Waals surface area contributed by atoms with Gasteiger partial charge in [0.25, 0.3) is 0 Å². The molecule has 8 aromatic rings. The molecule has 1 aromatic heterocycles. The molecule has 0 unspecified atom stereocenters. The molecule has 7 aromatic carbocycles. The van der Waals surface area contributed by atoms with E-state index in [1.807, 2.05) is 30.3 Å². The second kappa shape index (κ2) is 10.1. The molecule has 0 saturated carbocycles. The number of anilines is 6. The molecule has 0 atom stereocenters. The van der Waals surface area contributed by atoms with Crippen molar-refractivity contribution in [2.75, 3.05) is 9.80 Å². The van der Waals surface area contributed by atoms with Crippen molar-refractivity contribution in [2.45, 2.75) is 19.9 Å². The highest BCUT2D eigenvalue weighted by molar-refractivity contribution is 6.11. The van der Waals surface area contributed by atoms with Crippen LogP contribution in [0.3, 0.4) is 0 Å². The largest absolute Gasteiger partial charge is 0.453 e. The second-order valence-electron chi connectivity index (χ2n) is 12.8. The van der Waals surface area contributed by atoms with E-state index in [2.05, 4.69) is 143 Å². The molecule has 5 nitrogen and oxygen atoms in total. The van der Waals surface area contributed by atoms with Crippen LogP contribution in [0.1, 0.15) is 19.9 Å². The number of fused-ring (bicyclic) bond motifs is 8. The Morgan fingerprint density at radius 1 is 0.417 bits per heavy atom. The minimum atomic E-state index is 0.302. The Bertz CT molecular complexity index is 2540. The fourth-order valence-electron chi connectivity index (χ4n) is 7.56. The molecule has 0 saturated heterocycles. The maximum atomic E-state index is 6.62. The molecule has 0 N–H and O–H groups in total. The third kappa shape index (κ3) is 3.91. The van der Waals surface area contributed by atoms with Gasteiger partial charge in [0.1, 0.15) is 0 Å². The Hall–Kier alpha value is -6.20. The molecule has 0 bridgehead atoms. The van der Waals surface area contributed by atoms with Crippen molar-refractivity contribution in [1.82, 2.24) is 4.57 Å². The summed E-state index contributed by atoms with van der Waals surface area (Å²) in [6, 6.07) is 51.7. The Morgan fingerprint density at radius 2 is 0.917 bits per heavy atom. The molecule has 10 rings (SSSR count). The van der Waals surface area contributed by atoms with Crippen LogP contribution in [-0.2, 0) is 0 Å². The maximum absolute atomic E-state index is 6.62. The number of aromatic nitrogens is 1. The van der Waals surface area contributed by atoms with E-state index in [0.717, 1.165) is 67.9 Å². The van der Waals surface area contributed by atoms with Gasteiger partial charge in [0, 0.05) is 33.7 Å². The third-order valence-electron chi connectivity index (χ3n) is 9.63. The van der Waals surface area contributed by atoms with Gasteiger partial charge in [0.05, 0.1) is 28.3 Å². The zero-order valence-electron chi connectivity index (χ0n) is 26.6. The fraction of sp³-hybridized carbons (Fsp3) is 0.0698. The number of para-hydroxylation sites is 7. The van der Waals surface area contributed by atoms with Crippen LogP contribution in [0.2, 0.25) is 0 Å². The van der Waals surface area contributed by atoms with Gasteiger partial charge in [-0.15, -0.1) is 0 Å². The summed E-state index contributed by atoms with van der Waals surface area (Å²) in [7, 11) is 0. The lowest BCUT2D eigenvalue weighted by Crippen LogP contribution is -2.16. The van der Waals surface area contributed by atoms with Crippen molar-refractivity contribution < 1.29 is 9.47 Å². The van der Waals surface area contributed by atoms with Gasteiger partial charge < -0.3 is 23.8 Å². The van der Waals surface area contributed by atoms with Gasteiger partial charge in [-0.05, 0) is 103 Å². The van der Waals surface area contributed by atoms with Gasteiger partial charge in [0.2, 0.25) is 0 Å². The summed E-state index contributed by atoms with van der Waals surface area (Å²) in [5.41, 5.74) is 8.72. The molecule has 3 heterocycles. The van der Waals surface area contributed by atoms with Crippen molar-refractivity contribution in [3.63, 3.8) is 0 Å². The zero-order valence-corrected chi connectivity index (χ0v) is 26.6. The van der Waals surface area contributed by atoms with Gasteiger partial charge in [-0.2, -0.15) is 0 Å². The van der Waals surface area contributed by atoms with Crippen LogP contribution >= 0.6 is 0 Å². The van der Waals surface area contributed by atoms with E-state index >= 15 is 0 Å². The average Bonchev–Trinajstić information content (AvgIpc) is 3.45. The lowest BCUT2D eigenvalue weighted by molar-refractivity contribution is 0.477. The molecular weight excluding hydrogens is 590 g/mol. The number of benzene rings is 7. The van der Waals surface area contributed by atoms with Gasteiger partial charge in [-0.3, -0.25) is 0 Å². The van der Waals surface area contributed by atoms with Crippen molar-refractivity contribution >= 4 is 66.7 Å². The average molecular weight is 622 g/mol. The molecule has 0 fully saturated rings. The smallest absolute Gasteiger partial charge is 0.152 e. The lowest BCUT2D eigenvalue weighted by Gasteiger charge is -2.34. The van der Waals surface area contributed by atoms with E-state index in [-0.39, 0.29) is 0 Å². The first-order chi connectivity index (χ1) is 23.6. The van der Waals surface area contributed by atoms with Gasteiger partial charge in [-0.25, -0.2) is 0 Å². The molecule has 5 heteroatoms. The fourth-order valence-corrected chi connectivity index (χ4v) is 7.56. The van der Waals surface area contributed by atoms with Crippen molar-refractivity contribution in [1.29, 1.82) is 0 Å². The van der Waals surface area contributed by atoms with Crippen LogP contribution in [0.25, 0.3) is 32.6 Å². The number of rotatable bonds is 3. The minimum absolute atomic E-state index is 0.302. The maximum Gasteiger partial charge on any atom is 0.152 e. The van der Waals surface area contributed by atoms with E-state index < -0.39 is 0 Å². The Morgan fingerprint density at radius 3 is 1.50 bits per heavy atom. The Kier molecular flexibility index (Phi) is 5.70. The molecule has 0 amide bonds. The first kappa shape index (κ1) is 27.0. The molecule has 0 radical (unpaired) electrons. The summed E-state index contributed by atoms with van der Waals surface area (Å²) in [6.07, 6.45) is 0. The number of hydrogen-bond donors (Lipinski definition) is 0. The summed E-state index contributed by atoms with van der Waals surface area (Å²) in [4.78, 5) is 4.63. The Balaban J connectivity index is 1.13. The van der Waals surface area contributed by atoms with Crippen molar-refractivity contribution in [3.05, 3.63) is 146 Å². The highest BCUT2D eigenvalue weighted by atomic mass is 16.5. The quantitative estimate of drug-likeness (QED) is 0.196. The highest BCUT2D eigenvalue weighted by Crippen LogP contribution is 2.54. The van der Waals surface area contributed by atoms with Crippen LogP contribution in [0.15, 0.2) is 146 Å². The van der Waals surface area contributed by atoms with E-state index in [1.165, 1.54) is 21.8 Å². The van der Waals surface area contributed by atoms with E-state index in [1.54, 1.807) is 0 Å². The van der Waals surface area contributed by atoms with Crippen LogP contribution in [0.4, 0.5) is 34.1 Å². The SMILES string of the molecule is CC(C)n1c2ccccc2c2cc3c(cc21)N(c1ccc2cc(N4c5ccccc5Oc5ccccc54)ccc2c1)c1ccccc1O3. The highest BCUT2D eigenvalue weighted by Gasteiger charge is 2.29. The van der Waals surface area contributed by atoms with Gasteiger partial charge >= 0.3 is 0 Å². The first-order valence-electron chi connectivity index (χ1n) is 16.5. The first-order valence-corrected chi connectivity index (χ1v) is 16.5. The van der Waals surface area contributed by atoms with Crippen LogP contribution < -0.4 is 19.3 Å². The van der Waals surface area contributed by atoms with Crippen LogP contribution in [0, 0.1) is 0 Å². The standard InChI is InChI=1S/C43H31N3O2/c1-27(2)44-34-12-4-3-11-32(34)33-25-43-39(26-38(33)44)46(37-15-7-10-18-42(37)48-43)31-22-20-28-23-30(21-19-29(28)24-31)45-35-13-5-8-16-40(35)47-41-17-9-6-14-36(41)45/h3-27H,1-2H3. The van der Waals surface area contributed by atoms with E-state index in [0.29, 0.717) is 6.04 Å². The minimum Gasteiger partial charge on any atom is -0.453 e. The summed E-state index contributed by atoms with van der Waals surface area (Å²) in [5, 5.41) is 4.77. The van der Waals surface area contributed by atoms with Crippen molar-refractivity contribution in [2.24, 2.45) is 0 Å². The third-order valence-corrected chi connectivity index (χ3v) is 9.63. The summed E-state index contributed by atoms with van der Waals surface area (Å²) in [5.74, 6) is 3.40. The van der Waals surface area contributed by atoms with Gasteiger partial charge in [0.15, 0.2) is 23.0 Å². The lowest BCUT2D eigenvalue weighted by atomic mass is 10.0. The number of ether oxygens (including phenoxy) is 2. The molecular formula is C43H31N3O2. The number of hydrogen-bond acceptors (Lipinski definition) is 4. The second-order valence-corrected chi connectivity index (χ2v) is 12.8.